The molecule has 1 rings (SSSR count). The molecule has 0 aromatic carbocycles. The zero-order valence-electron chi connectivity index (χ0n) is 32.7. The highest BCUT2D eigenvalue weighted by Gasteiger charge is 2.39. The van der Waals surface area contributed by atoms with Gasteiger partial charge in [0.05, 0.1) is 24.9 Å². The predicted molar refractivity (Wildman–Crippen MR) is 204 cm³/mol. The largest absolute Gasteiger partial charge is 0.469 e. The minimum Gasteiger partial charge on any atom is -0.462 e. The lowest BCUT2D eigenvalue weighted by Crippen LogP contribution is -2.29. The van der Waals surface area contributed by atoms with Crippen molar-refractivity contribution in [1.29, 1.82) is 0 Å². The van der Waals surface area contributed by atoms with E-state index >= 15 is 0 Å². The van der Waals surface area contributed by atoms with E-state index in [0.717, 1.165) is 70.1 Å². The van der Waals surface area contributed by atoms with Gasteiger partial charge in [-0.1, -0.05) is 142 Å². The summed E-state index contributed by atoms with van der Waals surface area (Å²) in [6.07, 6.45) is 22.9. The van der Waals surface area contributed by atoms with E-state index in [2.05, 4.69) is 25.3 Å². The maximum absolute atomic E-state index is 12.4. The maximum atomic E-state index is 12.4. The van der Waals surface area contributed by atoms with E-state index in [-0.39, 0.29) is 31.3 Å². The van der Waals surface area contributed by atoms with Crippen LogP contribution in [0.15, 0.2) is 12.2 Å². The van der Waals surface area contributed by atoms with Crippen LogP contribution in [0, 0.1) is 17.8 Å². The van der Waals surface area contributed by atoms with E-state index in [1.807, 2.05) is 6.08 Å². The van der Waals surface area contributed by atoms with Crippen molar-refractivity contribution in [2.45, 2.75) is 199 Å². The van der Waals surface area contributed by atoms with Crippen molar-refractivity contribution in [1.82, 2.24) is 0 Å². The van der Waals surface area contributed by atoms with Gasteiger partial charge in [0.2, 0.25) is 0 Å². The third-order valence-corrected chi connectivity index (χ3v) is 10.9. The number of hydrogen-bond acceptors (Lipinski definition) is 9. The Kier molecular flexibility index (Phi) is 28.0. The average Bonchev–Trinajstić information content (AvgIpc) is 3.37. The molecule has 0 bridgehead atoms. The zero-order chi connectivity index (χ0) is 38.6. The van der Waals surface area contributed by atoms with Gasteiger partial charge in [-0.2, -0.15) is 0 Å². The topological polar surface area (TPSA) is 180 Å². The Morgan fingerprint density at radius 2 is 1.31 bits per heavy atom. The molecular weight excluding hydrogens is 687 g/mol. The third-order valence-electron chi connectivity index (χ3n) is 10.4. The second kappa shape index (κ2) is 30.0. The Labute approximate surface area is 314 Å². The van der Waals surface area contributed by atoms with Crippen LogP contribution in [0.3, 0.4) is 0 Å². The number of phosphoric acid groups is 1. The van der Waals surface area contributed by atoms with Crippen LogP contribution in [0.25, 0.3) is 0 Å². The van der Waals surface area contributed by atoms with Gasteiger partial charge in [0.1, 0.15) is 6.61 Å². The Morgan fingerprint density at radius 1 is 0.750 bits per heavy atom. The maximum Gasteiger partial charge on any atom is 0.469 e. The minimum absolute atomic E-state index is 0.0807. The van der Waals surface area contributed by atoms with Gasteiger partial charge in [0.25, 0.3) is 0 Å². The summed E-state index contributed by atoms with van der Waals surface area (Å²) in [5.41, 5.74) is 0. The Balaban J connectivity index is 2.27. The lowest BCUT2D eigenvalue weighted by Gasteiger charge is -2.21. The minimum atomic E-state index is -4.80. The van der Waals surface area contributed by atoms with Gasteiger partial charge in [-0.3, -0.25) is 14.1 Å². The number of ether oxygens (including phenoxy) is 2. The number of rotatable bonds is 33. The molecule has 306 valence electrons. The van der Waals surface area contributed by atoms with Gasteiger partial charge >= 0.3 is 19.8 Å². The fourth-order valence-electron chi connectivity index (χ4n) is 6.92. The van der Waals surface area contributed by atoms with Gasteiger partial charge < -0.3 is 34.6 Å². The molecule has 0 aromatic rings. The number of carbonyl (C=O) groups excluding carboxylic acids is 2. The predicted octanol–water partition coefficient (Wildman–Crippen LogP) is 8.47. The fourth-order valence-corrected chi connectivity index (χ4v) is 7.28. The molecule has 1 aliphatic rings. The van der Waals surface area contributed by atoms with Crippen molar-refractivity contribution < 1.29 is 53.3 Å². The fraction of sp³-hybridized carbons (Fsp3) is 0.900. The van der Waals surface area contributed by atoms with Crippen molar-refractivity contribution in [3.8, 4) is 0 Å². The summed E-state index contributed by atoms with van der Waals surface area (Å²) in [6.45, 7) is 5.74. The van der Waals surface area contributed by atoms with Crippen LogP contribution >= 0.6 is 7.82 Å². The second-order valence-electron chi connectivity index (χ2n) is 15.2. The molecule has 12 heteroatoms. The summed E-state index contributed by atoms with van der Waals surface area (Å²) in [5.74, 6) is -0.461. The number of esters is 2. The van der Waals surface area contributed by atoms with Gasteiger partial charge in [0.15, 0.2) is 6.10 Å². The quantitative estimate of drug-likeness (QED) is 0.0187. The Hall–Kier alpha value is -1.33. The van der Waals surface area contributed by atoms with Crippen LogP contribution in [0.4, 0.5) is 0 Å². The van der Waals surface area contributed by atoms with E-state index in [1.54, 1.807) is 6.08 Å². The molecule has 0 radical (unpaired) electrons. The summed E-state index contributed by atoms with van der Waals surface area (Å²) in [4.78, 5) is 43.0. The van der Waals surface area contributed by atoms with E-state index in [9.17, 15) is 29.5 Å². The van der Waals surface area contributed by atoms with Crippen molar-refractivity contribution in [3.05, 3.63) is 12.2 Å². The summed E-state index contributed by atoms with van der Waals surface area (Å²) in [5, 5.41) is 31.2. The van der Waals surface area contributed by atoms with Gasteiger partial charge in [-0.25, -0.2) is 4.57 Å². The molecule has 0 heterocycles. The Bertz CT molecular complexity index is 987. The number of unbranched alkanes of at least 4 members (excludes halogenated alkanes) is 14. The molecule has 5 N–H and O–H groups in total. The van der Waals surface area contributed by atoms with Gasteiger partial charge in [0, 0.05) is 25.2 Å². The summed E-state index contributed by atoms with van der Waals surface area (Å²) < 4.78 is 26.4. The number of aliphatic hydroxyl groups is 3. The molecule has 0 aromatic heterocycles. The smallest absolute Gasteiger partial charge is 0.462 e. The van der Waals surface area contributed by atoms with Crippen LogP contribution in [-0.2, 0) is 28.2 Å². The first kappa shape index (κ1) is 48.7. The summed E-state index contributed by atoms with van der Waals surface area (Å²) in [7, 11) is -4.80. The van der Waals surface area contributed by atoms with Crippen LogP contribution in [0.1, 0.15) is 175 Å². The number of phosphoric ester groups is 1. The molecule has 1 saturated carbocycles. The summed E-state index contributed by atoms with van der Waals surface area (Å²) >= 11 is 0. The van der Waals surface area contributed by atoms with E-state index in [0.29, 0.717) is 25.7 Å². The Morgan fingerprint density at radius 3 is 1.90 bits per heavy atom. The van der Waals surface area contributed by atoms with Crippen LogP contribution in [0.5, 0.6) is 0 Å². The van der Waals surface area contributed by atoms with Crippen molar-refractivity contribution >= 4 is 19.8 Å². The molecule has 0 spiro atoms. The van der Waals surface area contributed by atoms with Crippen LogP contribution in [0.2, 0.25) is 0 Å². The molecule has 0 aliphatic heterocycles. The van der Waals surface area contributed by atoms with Crippen molar-refractivity contribution in [3.63, 3.8) is 0 Å². The zero-order valence-corrected chi connectivity index (χ0v) is 33.6. The van der Waals surface area contributed by atoms with Gasteiger partial charge in [-0.05, 0) is 37.5 Å². The highest BCUT2D eigenvalue weighted by Crippen LogP contribution is 2.38. The first-order valence-electron chi connectivity index (χ1n) is 20.6. The highest BCUT2D eigenvalue weighted by atomic mass is 31.2. The molecule has 52 heavy (non-hydrogen) atoms. The molecule has 1 unspecified atom stereocenters. The third kappa shape index (κ3) is 25.6. The van der Waals surface area contributed by atoms with Gasteiger partial charge in [-0.15, -0.1) is 0 Å². The molecule has 1 fully saturated rings. The van der Waals surface area contributed by atoms with Crippen LogP contribution < -0.4 is 0 Å². The molecule has 11 nitrogen and oxygen atoms in total. The molecular formula is C40H75O11P. The van der Waals surface area contributed by atoms with Crippen molar-refractivity contribution in [2.24, 2.45) is 17.8 Å². The van der Waals surface area contributed by atoms with E-state index < -0.39 is 50.8 Å². The number of aliphatic hydroxyl groups excluding tert-OH is 3. The van der Waals surface area contributed by atoms with Crippen molar-refractivity contribution in [2.75, 3.05) is 13.2 Å². The van der Waals surface area contributed by atoms with E-state index in [1.165, 1.54) is 51.4 Å². The average molecular weight is 763 g/mol. The first-order chi connectivity index (χ1) is 24.9. The lowest BCUT2D eigenvalue weighted by atomic mass is 9.88. The highest BCUT2D eigenvalue weighted by molar-refractivity contribution is 7.46. The number of hydrogen-bond donors (Lipinski definition) is 5. The molecule has 1 aliphatic carbocycles. The monoisotopic (exact) mass is 763 g/mol. The molecule has 7 atom stereocenters. The van der Waals surface area contributed by atoms with Crippen LogP contribution in [-0.4, -0.2) is 74.7 Å². The number of carbonyl (C=O) groups is 2. The molecule has 0 saturated heterocycles. The van der Waals surface area contributed by atoms with E-state index in [4.69, 9.17) is 19.3 Å². The second-order valence-corrected chi connectivity index (χ2v) is 16.4. The lowest BCUT2D eigenvalue weighted by molar-refractivity contribution is -0.161. The standard InChI is InChI=1S/C40H75O11P/c1-4-6-17-23-33(41)27-28-36-35(37(42)29-38(36)43)24-19-15-16-20-25-39(44)49-30-34(31-50-52(46,47)48)51-40(45)26-21-14-12-10-8-7-9-11-13-18-22-32(3)5-2/h27-28,32-38,41-43H,4-26,29-31H2,1-3H3,(H2,46,47,48)/b28-27+/t32?,33-,34+,35+,36+,37-,38+/m0/s1. The molecule has 0 amide bonds. The normalized spacial score (nSPS) is 21.0. The SMILES string of the molecule is CCCCC[C@H](O)/C=C/[C@@H]1[C@@H](CCCCCCC(=O)OC[C@H](COP(=O)(O)O)OC(=O)CCCCCCCCCCCCC(C)CC)[C@@H](O)C[C@H]1O. The summed E-state index contributed by atoms with van der Waals surface area (Å²) in [6, 6.07) is 0. The first-order valence-corrected chi connectivity index (χ1v) is 22.2.